The Hall–Kier alpha value is -1.67. The predicted molar refractivity (Wildman–Crippen MR) is 71.1 cm³/mol. The highest BCUT2D eigenvalue weighted by Gasteiger charge is 2.19. The molecule has 2 atom stereocenters. The molecule has 0 spiro atoms. The van der Waals surface area contributed by atoms with Crippen LogP contribution in [0.25, 0.3) is 0 Å². The number of halogens is 1. The van der Waals surface area contributed by atoms with E-state index in [1.165, 1.54) is 17.7 Å². The maximum atomic E-state index is 12.9. The van der Waals surface area contributed by atoms with Crippen LogP contribution in [0.3, 0.4) is 0 Å². The van der Waals surface area contributed by atoms with Crippen LogP contribution in [0, 0.1) is 12.7 Å². The fourth-order valence-corrected chi connectivity index (χ4v) is 2.19. The number of aryl methyl sites for hydroxylation is 1. The molecule has 2 aromatic rings. The standard InChI is InChI=1S/C16H17FO/c1-11-3-5-13(6-4-11)16(12(2)18)14-7-9-15(17)10-8-14/h3-10,12,16,18H,1-2H3/t12-,16?/m1/s1. The van der Waals surface area contributed by atoms with E-state index < -0.39 is 6.10 Å². The number of aliphatic hydroxyl groups excluding tert-OH is 1. The molecular weight excluding hydrogens is 227 g/mol. The highest BCUT2D eigenvalue weighted by Crippen LogP contribution is 2.28. The molecule has 0 aromatic heterocycles. The molecule has 1 N–H and O–H groups in total. The highest BCUT2D eigenvalue weighted by atomic mass is 19.1. The van der Waals surface area contributed by atoms with Gasteiger partial charge in [-0.3, -0.25) is 0 Å². The third-order valence-corrected chi connectivity index (χ3v) is 3.15. The Labute approximate surface area is 107 Å². The normalized spacial score (nSPS) is 14.2. The first kappa shape index (κ1) is 12.8. The van der Waals surface area contributed by atoms with Gasteiger partial charge in [0.2, 0.25) is 0 Å². The Morgan fingerprint density at radius 2 is 1.33 bits per heavy atom. The summed E-state index contributed by atoms with van der Waals surface area (Å²) in [5.74, 6) is -0.377. The number of benzene rings is 2. The molecule has 2 rings (SSSR count). The molecule has 0 fully saturated rings. The van der Waals surface area contributed by atoms with Gasteiger partial charge in [-0.1, -0.05) is 42.0 Å². The molecule has 1 unspecified atom stereocenters. The maximum absolute atomic E-state index is 12.9. The van der Waals surface area contributed by atoms with Crippen LogP contribution >= 0.6 is 0 Å². The van der Waals surface area contributed by atoms with Crippen molar-refractivity contribution >= 4 is 0 Å². The minimum Gasteiger partial charge on any atom is -0.392 e. The monoisotopic (exact) mass is 244 g/mol. The third-order valence-electron chi connectivity index (χ3n) is 3.15. The first-order valence-corrected chi connectivity index (χ1v) is 6.08. The van der Waals surface area contributed by atoms with Crippen molar-refractivity contribution in [3.8, 4) is 0 Å². The van der Waals surface area contributed by atoms with Gasteiger partial charge in [0.05, 0.1) is 6.10 Å². The van der Waals surface area contributed by atoms with Crippen LogP contribution in [-0.4, -0.2) is 11.2 Å². The van der Waals surface area contributed by atoms with Gasteiger partial charge in [-0.2, -0.15) is 0 Å². The lowest BCUT2D eigenvalue weighted by Crippen LogP contribution is -2.16. The Morgan fingerprint density at radius 3 is 1.78 bits per heavy atom. The van der Waals surface area contributed by atoms with Crippen molar-refractivity contribution in [2.75, 3.05) is 0 Å². The summed E-state index contributed by atoms with van der Waals surface area (Å²) in [5.41, 5.74) is 3.15. The van der Waals surface area contributed by atoms with E-state index in [9.17, 15) is 9.50 Å². The zero-order valence-corrected chi connectivity index (χ0v) is 10.6. The Morgan fingerprint density at radius 1 is 0.889 bits per heavy atom. The first-order valence-electron chi connectivity index (χ1n) is 6.08. The average Bonchev–Trinajstić information content (AvgIpc) is 2.34. The zero-order chi connectivity index (χ0) is 13.1. The van der Waals surface area contributed by atoms with E-state index in [2.05, 4.69) is 0 Å². The number of aliphatic hydroxyl groups is 1. The molecule has 0 aliphatic carbocycles. The van der Waals surface area contributed by atoms with E-state index >= 15 is 0 Å². The Bertz CT molecular complexity index is 454. The summed E-state index contributed by atoms with van der Waals surface area (Å²) < 4.78 is 12.9. The largest absolute Gasteiger partial charge is 0.392 e. The fourth-order valence-electron chi connectivity index (χ4n) is 2.19. The molecule has 0 bridgehead atoms. The van der Waals surface area contributed by atoms with Crippen molar-refractivity contribution in [3.05, 3.63) is 71.0 Å². The lowest BCUT2D eigenvalue weighted by Gasteiger charge is -2.21. The SMILES string of the molecule is Cc1ccc(C(c2ccc(F)cc2)[C@@H](C)O)cc1. The summed E-state index contributed by atoms with van der Waals surface area (Å²) >= 11 is 0. The molecule has 2 heteroatoms. The lowest BCUT2D eigenvalue weighted by atomic mass is 9.87. The lowest BCUT2D eigenvalue weighted by molar-refractivity contribution is 0.176. The molecule has 0 radical (unpaired) electrons. The molecule has 0 heterocycles. The van der Waals surface area contributed by atoms with Crippen LogP contribution < -0.4 is 0 Å². The quantitative estimate of drug-likeness (QED) is 0.873. The van der Waals surface area contributed by atoms with Crippen molar-refractivity contribution in [3.63, 3.8) is 0 Å². The summed E-state index contributed by atoms with van der Waals surface area (Å²) in [6.45, 7) is 3.78. The molecule has 18 heavy (non-hydrogen) atoms. The summed E-state index contributed by atoms with van der Waals surface area (Å²) in [6.07, 6.45) is -0.516. The number of rotatable bonds is 3. The van der Waals surface area contributed by atoms with E-state index in [1.54, 1.807) is 19.1 Å². The summed E-state index contributed by atoms with van der Waals surface area (Å²) in [4.78, 5) is 0. The molecule has 0 saturated heterocycles. The molecule has 0 aliphatic rings. The van der Waals surface area contributed by atoms with Gasteiger partial charge in [-0.15, -0.1) is 0 Å². The van der Waals surface area contributed by atoms with Crippen LogP contribution in [0.1, 0.15) is 29.5 Å². The van der Waals surface area contributed by atoms with Crippen molar-refractivity contribution in [2.45, 2.75) is 25.9 Å². The van der Waals surface area contributed by atoms with E-state index in [-0.39, 0.29) is 11.7 Å². The fraction of sp³-hybridized carbons (Fsp3) is 0.250. The second kappa shape index (κ2) is 5.32. The smallest absolute Gasteiger partial charge is 0.123 e. The van der Waals surface area contributed by atoms with Crippen LogP contribution in [0.4, 0.5) is 4.39 Å². The maximum Gasteiger partial charge on any atom is 0.123 e. The number of hydrogen-bond donors (Lipinski definition) is 1. The van der Waals surface area contributed by atoms with Crippen LogP contribution in [-0.2, 0) is 0 Å². The van der Waals surface area contributed by atoms with Gasteiger partial charge in [0, 0.05) is 5.92 Å². The van der Waals surface area contributed by atoms with Crippen molar-refractivity contribution in [2.24, 2.45) is 0 Å². The third kappa shape index (κ3) is 2.77. The summed E-state index contributed by atoms with van der Waals surface area (Å²) in [6, 6.07) is 14.4. The van der Waals surface area contributed by atoms with E-state index in [0.29, 0.717) is 0 Å². The second-order valence-electron chi connectivity index (χ2n) is 4.68. The Kier molecular flexibility index (Phi) is 3.78. The van der Waals surface area contributed by atoms with Crippen LogP contribution in [0.2, 0.25) is 0 Å². The average molecular weight is 244 g/mol. The topological polar surface area (TPSA) is 20.2 Å². The van der Waals surface area contributed by atoms with E-state index in [0.717, 1.165) is 11.1 Å². The predicted octanol–water partition coefficient (Wildman–Crippen LogP) is 3.65. The molecule has 94 valence electrons. The minimum absolute atomic E-state index is 0.119. The van der Waals surface area contributed by atoms with Crippen molar-refractivity contribution in [1.29, 1.82) is 0 Å². The van der Waals surface area contributed by atoms with Gasteiger partial charge in [0.1, 0.15) is 5.82 Å². The minimum atomic E-state index is -0.516. The van der Waals surface area contributed by atoms with Crippen molar-refractivity contribution in [1.82, 2.24) is 0 Å². The zero-order valence-electron chi connectivity index (χ0n) is 10.6. The highest BCUT2D eigenvalue weighted by molar-refractivity contribution is 5.35. The second-order valence-corrected chi connectivity index (χ2v) is 4.68. The van der Waals surface area contributed by atoms with Crippen LogP contribution in [0.5, 0.6) is 0 Å². The van der Waals surface area contributed by atoms with Gasteiger partial charge in [-0.25, -0.2) is 4.39 Å². The molecular formula is C16H17FO. The van der Waals surface area contributed by atoms with Gasteiger partial charge in [0.25, 0.3) is 0 Å². The van der Waals surface area contributed by atoms with Crippen molar-refractivity contribution < 1.29 is 9.50 Å². The van der Waals surface area contributed by atoms with Gasteiger partial charge < -0.3 is 5.11 Å². The summed E-state index contributed by atoms with van der Waals surface area (Å²) in [5, 5.41) is 9.96. The first-order chi connectivity index (χ1) is 8.58. The molecule has 1 nitrogen and oxygen atoms in total. The molecule has 2 aromatic carbocycles. The van der Waals surface area contributed by atoms with Crippen LogP contribution in [0.15, 0.2) is 48.5 Å². The summed E-state index contributed by atoms with van der Waals surface area (Å²) in [7, 11) is 0. The van der Waals surface area contributed by atoms with Gasteiger partial charge in [0.15, 0.2) is 0 Å². The van der Waals surface area contributed by atoms with E-state index in [4.69, 9.17) is 0 Å². The van der Waals surface area contributed by atoms with E-state index in [1.807, 2.05) is 31.2 Å². The molecule has 0 amide bonds. The van der Waals surface area contributed by atoms with Gasteiger partial charge >= 0.3 is 0 Å². The molecule has 0 aliphatic heterocycles. The Balaban J connectivity index is 2.39. The molecule has 0 saturated carbocycles. The van der Waals surface area contributed by atoms with Gasteiger partial charge in [-0.05, 0) is 37.1 Å². The number of hydrogen-bond acceptors (Lipinski definition) is 1.